The third kappa shape index (κ3) is 12.7. The zero-order chi connectivity index (χ0) is 44.3. The third-order valence-corrected chi connectivity index (χ3v) is 10.9. The summed E-state index contributed by atoms with van der Waals surface area (Å²) in [6, 6.07) is 45.2. The lowest BCUT2D eigenvalue weighted by Crippen LogP contribution is -2.44. The van der Waals surface area contributed by atoms with Crippen LogP contribution in [0.25, 0.3) is 21.8 Å². The standard InChI is InChI=1S/C25H26N6O2.C12H17N5.C12H11NO.2CH4/c1-30-13-15-31(16-14-30)24-22-12-9-19(17-23(22)28-29-24)27-25(32)26-18-7-10-21(11-8-18)33-20-5-3-2-4-6-20;1-16-4-6-17(7-5-16)12-10-3-2-9(13)8-11(10)14-15-12;13-10-6-8-12(9-7-10)14-11-4-2-1-3-5-11;;/h2-12,17H,13-16H2,1H3,(H,28,29)(H2,26,27,32);2-3,8H,4-7,13H2,1H3,(H,14,15);1-9H,13H2;2*1H4. The van der Waals surface area contributed by atoms with E-state index in [1.807, 2.05) is 133 Å². The number of likely N-dealkylation sites (N-methyl/N-ethyl adjacent to an activating group) is 2. The Hall–Kier alpha value is -7.75. The number of benzene rings is 6. The van der Waals surface area contributed by atoms with E-state index in [0.29, 0.717) is 17.1 Å². The van der Waals surface area contributed by atoms with E-state index in [2.05, 4.69) is 64.7 Å². The van der Waals surface area contributed by atoms with E-state index < -0.39 is 0 Å². The van der Waals surface area contributed by atoms with Crippen LogP contribution in [-0.2, 0) is 0 Å². The highest BCUT2D eigenvalue weighted by Gasteiger charge is 2.20. The number of piperazine rings is 2. The molecule has 2 saturated heterocycles. The van der Waals surface area contributed by atoms with Gasteiger partial charge in [0.15, 0.2) is 11.6 Å². The van der Waals surface area contributed by atoms with Crippen LogP contribution in [0.5, 0.6) is 23.0 Å². The SMILES string of the molecule is C.C.CN1CCN(c2n[nH]c3cc(N)ccc23)CC1.CN1CCN(c2n[nH]c3cc(NC(=O)Nc4ccc(Oc5ccccc5)cc4)ccc23)CC1.Nc1ccc(Oc2ccccc2)cc1. The maximum Gasteiger partial charge on any atom is 0.323 e. The van der Waals surface area contributed by atoms with E-state index in [1.54, 1.807) is 12.1 Å². The van der Waals surface area contributed by atoms with Crippen LogP contribution in [0.2, 0.25) is 0 Å². The van der Waals surface area contributed by atoms with Gasteiger partial charge in [0.05, 0.1) is 11.0 Å². The lowest BCUT2D eigenvalue weighted by atomic mass is 10.2. The Morgan fingerprint density at radius 1 is 0.500 bits per heavy atom. The number of nitrogens with zero attached hydrogens (tertiary/aromatic N) is 6. The molecule has 8 N–H and O–H groups in total. The Bertz CT molecular complexity index is 2710. The Balaban J connectivity index is 0.000000182. The number of ether oxygens (including phenoxy) is 2. The Morgan fingerprint density at radius 2 is 0.894 bits per heavy atom. The van der Waals surface area contributed by atoms with Crippen molar-refractivity contribution in [3.8, 4) is 23.0 Å². The second-order valence-electron chi connectivity index (χ2n) is 15.7. The van der Waals surface area contributed by atoms with Crippen molar-refractivity contribution in [2.45, 2.75) is 14.9 Å². The van der Waals surface area contributed by atoms with Gasteiger partial charge in [-0.2, -0.15) is 10.2 Å². The summed E-state index contributed by atoms with van der Waals surface area (Å²) in [7, 11) is 4.29. The minimum Gasteiger partial charge on any atom is -0.457 e. The highest BCUT2D eigenvalue weighted by atomic mass is 16.5. The summed E-state index contributed by atoms with van der Waals surface area (Å²) < 4.78 is 11.4. The van der Waals surface area contributed by atoms with Crippen molar-refractivity contribution in [2.75, 3.05) is 98.4 Å². The average Bonchev–Trinajstić information content (AvgIpc) is 3.94. The van der Waals surface area contributed by atoms with Crippen molar-refractivity contribution in [1.82, 2.24) is 30.2 Å². The molecule has 4 heterocycles. The monoisotopic (exact) mass is 891 g/mol. The third-order valence-electron chi connectivity index (χ3n) is 10.9. The molecule has 15 nitrogen and oxygen atoms in total. The number of nitrogens with two attached hydrogens (primary N) is 2. The summed E-state index contributed by atoms with van der Waals surface area (Å²) in [6.07, 6.45) is 0. The number of hydrogen-bond acceptors (Lipinski definition) is 11. The number of nitrogen functional groups attached to an aromatic ring is 2. The van der Waals surface area contributed by atoms with Crippen LogP contribution < -0.4 is 41.4 Å². The number of H-pyrrole nitrogens is 2. The summed E-state index contributed by atoms with van der Waals surface area (Å²) in [5.74, 6) is 5.11. The lowest BCUT2D eigenvalue weighted by molar-refractivity contribution is 0.262. The number of nitrogens with one attached hydrogen (secondary N) is 4. The molecule has 15 heteroatoms. The topological polar surface area (TPSA) is 182 Å². The number of rotatable bonds is 8. The number of para-hydroxylation sites is 2. The maximum atomic E-state index is 12.5. The number of aromatic amines is 2. The largest absolute Gasteiger partial charge is 0.457 e. The van der Waals surface area contributed by atoms with E-state index in [0.717, 1.165) is 114 Å². The fourth-order valence-electron chi connectivity index (χ4n) is 7.31. The van der Waals surface area contributed by atoms with Crippen molar-refractivity contribution in [2.24, 2.45) is 0 Å². The van der Waals surface area contributed by atoms with Gasteiger partial charge in [-0.15, -0.1) is 0 Å². The predicted molar refractivity (Wildman–Crippen MR) is 272 cm³/mol. The molecule has 2 aliphatic rings. The fourth-order valence-corrected chi connectivity index (χ4v) is 7.31. The van der Waals surface area contributed by atoms with E-state index in [-0.39, 0.29) is 20.9 Å². The zero-order valence-corrected chi connectivity index (χ0v) is 36.1. The van der Waals surface area contributed by atoms with Gasteiger partial charge in [-0.1, -0.05) is 51.3 Å². The Morgan fingerprint density at radius 3 is 1.39 bits per heavy atom. The molecule has 0 bridgehead atoms. The first-order valence-electron chi connectivity index (χ1n) is 21.3. The number of amides is 2. The minimum atomic E-state index is -0.315. The quantitative estimate of drug-likeness (QED) is 0.0799. The second-order valence-corrected chi connectivity index (χ2v) is 15.7. The number of aromatic nitrogens is 4. The fraction of sp³-hybridized carbons (Fsp3) is 0.235. The van der Waals surface area contributed by atoms with Crippen LogP contribution in [0, 0.1) is 0 Å². The molecule has 0 aliphatic carbocycles. The molecule has 0 spiro atoms. The normalized spacial score (nSPS) is 13.8. The molecule has 0 atom stereocenters. The van der Waals surface area contributed by atoms with Gasteiger partial charge in [0.25, 0.3) is 0 Å². The van der Waals surface area contributed by atoms with Gasteiger partial charge < -0.3 is 51.2 Å². The van der Waals surface area contributed by atoms with Crippen LogP contribution in [0.3, 0.4) is 0 Å². The number of fused-ring (bicyclic) bond motifs is 2. The van der Waals surface area contributed by atoms with Gasteiger partial charge in [0.2, 0.25) is 0 Å². The molecule has 2 aromatic heterocycles. The summed E-state index contributed by atoms with van der Waals surface area (Å²) in [4.78, 5) is 21.8. The molecule has 66 heavy (non-hydrogen) atoms. The number of carbonyl (C=O) groups is 1. The molecule has 0 radical (unpaired) electrons. The first-order chi connectivity index (χ1) is 31.2. The van der Waals surface area contributed by atoms with Gasteiger partial charge >= 0.3 is 6.03 Å². The number of carbonyl (C=O) groups excluding carboxylic acids is 1. The smallest absolute Gasteiger partial charge is 0.323 e. The molecule has 344 valence electrons. The summed E-state index contributed by atoms with van der Waals surface area (Å²) in [6.45, 7) is 8.18. The average molecular weight is 891 g/mol. The van der Waals surface area contributed by atoms with Crippen LogP contribution in [-0.4, -0.2) is 103 Å². The van der Waals surface area contributed by atoms with Crippen LogP contribution in [0.15, 0.2) is 146 Å². The van der Waals surface area contributed by atoms with Crippen molar-refractivity contribution in [3.05, 3.63) is 146 Å². The van der Waals surface area contributed by atoms with E-state index >= 15 is 0 Å². The van der Waals surface area contributed by atoms with Gasteiger partial charge in [0, 0.05) is 85.9 Å². The first-order valence-corrected chi connectivity index (χ1v) is 21.3. The van der Waals surface area contributed by atoms with Crippen molar-refractivity contribution in [1.29, 1.82) is 0 Å². The van der Waals surface area contributed by atoms with E-state index in [4.69, 9.17) is 20.9 Å². The number of hydrogen-bond donors (Lipinski definition) is 6. The van der Waals surface area contributed by atoms with E-state index in [1.165, 1.54) is 0 Å². The highest BCUT2D eigenvalue weighted by Crippen LogP contribution is 2.29. The molecule has 2 amide bonds. The molecule has 10 rings (SSSR count). The molecule has 6 aromatic carbocycles. The zero-order valence-electron chi connectivity index (χ0n) is 36.1. The van der Waals surface area contributed by atoms with Crippen molar-refractivity contribution < 1.29 is 14.3 Å². The lowest BCUT2D eigenvalue weighted by Gasteiger charge is -2.32. The molecule has 0 unspecified atom stereocenters. The van der Waals surface area contributed by atoms with Crippen LogP contribution in [0.4, 0.5) is 39.2 Å². The summed E-state index contributed by atoms with van der Waals surface area (Å²) in [5, 5.41) is 23.0. The van der Waals surface area contributed by atoms with Gasteiger partial charge in [-0.05, 0) is 123 Å². The Labute approximate surface area is 387 Å². The van der Waals surface area contributed by atoms with Crippen LogP contribution in [0.1, 0.15) is 14.9 Å². The molecular formula is C51H62N12O3. The molecule has 2 aliphatic heterocycles. The predicted octanol–water partition coefficient (Wildman–Crippen LogP) is 9.98. The number of anilines is 6. The summed E-state index contributed by atoms with van der Waals surface area (Å²) >= 11 is 0. The Kier molecular flexibility index (Phi) is 16.4. The molecule has 0 saturated carbocycles. The summed E-state index contributed by atoms with van der Waals surface area (Å²) in [5.41, 5.74) is 16.1. The second kappa shape index (κ2) is 22.7. The minimum absolute atomic E-state index is 0. The molecule has 2 fully saturated rings. The van der Waals surface area contributed by atoms with E-state index in [9.17, 15) is 4.79 Å². The van der Waals surface area contributed by atoms with Gasteiger partial charge in [0.1, 0.15) is 23.0 Å². The van der Waals surface area contributed by atoms with Crippen molar-refractivity contribution >= 4 is 62.2 Å². The molecular weight excluding hydrogens is 829 g/mol. The molecule has 8 aromatic rings. The van der Waals surface area contributed by atoms with Crippen LogP contribution >= 0.6 is 0 Å². The van der Waals surface area contributed by atoms with Crippen molar-refractivity contribution in [3.63, 3.8) is 0 Å². The highest BCUT2D eigenvalue weighted by molar-refractivity contribution is 6.02. The maximum absolute atomic E-state index is 12.5. The van der Waals surface area contributed by atoms with Gasteiger partial charge in [-0.3, -0.25) is 10.2 Å². The first kappa shape index (κ1) is 47.7. The number of urea groups is 1. The van der Waals surface area contributed by atoms with Gasteiger partial charge in [-0.25, -0.2) is 4.79 Å².